The minimum absolute atomic E-state index is 0.137. The number of para-hydroxylation sites is 1. The molecule has 0 unspecified atom stereocenters. The maximum absolute atomic E-state index is 11.4. The first-order valence-corrected chi connectivity index (χ1v) is 5.81. The minimum atomic E-state index is -0.944. The molecular weight excluding hydrogens is 250 g/mol. The average Bonchev–Trinajstić information content (AvgIpc) is 2.37. The highest BCUT2D eigenvalue weighted by Gasteiger charge is 2.09. The van der Waals surface area contributed by atoms with Gasteiger partial charge < -0.3 is 19.9 Å². The summed E-state index contributed by atoms with van der Waals surface area (Å²) in [6, 6.07) is 6.75. The Hall–Kier alpha value is -2.08. The predicted octanol–water partition coefficient (Wildman–Crippen LogP) is 0.455. The highest BCUT2D eigenvalue weighted by Crippen LogP contribution is 2.18. The lowest BCUT2D eigenvalue weighted by Crippen LogP contribution is -2.31. The Kier molecular flexibility index (Phi) is 6.38. The number of hydrogen-bond acceptors (Lipinski definition) is 4. The van der Waals surface area contributed by atoms with Crippen molar-refractivity contribution < 1.29 is 24.2 Å². The Labute approximate surface area is 111 Å². The van der Waals surface area contributed by atoms with Crippen molar-refractivity contribution in [2.24, 2.45) is 0 Å². The highest BCUT2D eigenvalue weighted by atomic mass is 16.5. The Balaban J connectivity index is 2.48. The molecule has 0 aromatic heterocycles. The van der Waals surface area contributed by atoms with Crippen molar-refractivity contribution in [2.75, 3.05) is 26.9 Å². The molecule has 0 aliphatic heterocycles. The van der Waals surface area contributed by atoms with Crippen LogP contribution in [0.2, 0.25) is 0 Å². The lowest BCUT2D eigenvalue weighted by Gasteiger charge is -2.10. The number of carboxylic acids is 1. The van der Waals surface area contributed by atoms with Gasteiger partial charge in [0.15, 0.2) is 6.61 Å². The summed E-state index contributed by atoms with van der Waals surface area (Å²) in [5, 5.41) is 11.4. The third-order valence-corrected chi connectivity index (χ3v) is 2.30. The summed E-state index contributed by atoms with van der Waals surface area (Å²) in [4.78, 5) is 22.1. The summed E-state index contributed by atoms with van der Waals surface area (Å²) < 4.78 is 10.1. The molecule has 19 heavy (non-hydrogen) atoms. The molecule has 0 radical (unpaired) electrons. The Morgan fingerprint density at radius 3 is 2.74 bits per heavy atom. The molecule has 0 atom stereocenters. The van der Waals surface area contributed by atoms with Crippen LogP contribution in [-0.4, -0.2) is 43.9 Å². The smallest absolute Gasteiger partial charge is 0.307 e. The maximum Gasteiger partial charge on any atom is 0.307 e. The van der Waals surface area contributed by atoms with Crippen molar-refractivity contribution in [3.63, 3.8) is 0 Å². The summed E-state index contributed by atoms with van der Waals surface area (Å²) in [5.41, 5.74) is 0.541. The summed E-state index contributed by atoms with van der Waals surface area (Å²) >= 11 is 0. The van der Waals surface area contributed by atoms with Crippen LogP contribution in [0.25, 0.3) is 0 Å². The van der Waals surface area contributed by atoms with Gasteiger partial charge in [0.25, 0.3) is 5.91 Å². The third kappa shape index (κ3) is 5.87. The van der Waals surface area contributed by atoms with Gasteiger partial charge in [0.1, 0.15) is 5.75 Å². The van der Waals surface area contributed by atoms with E-state index in [0.29, 0.717) is 24.5 Å². The van der Waals surface area contributed by atoms with Crippen LogP contribution in [0.5, 0.6) is 5.75 Å². The molecule has 0 saturated heterocycles. The number of carboxylic acid groups (broad SMARTS) is 1. The number of hydrogen-bond donors (Lipinski definition) is 2. The van der Waals surface area contributed by atoms with Crippen LogP contribution >= 0.6 is 0 Å². The first-order chi connectivity index (χ1) is 9.13. The lowest BCUT2D eigenvalue weighted by atomic mass is 10.1. The number of carbonyl (C=O) groups is 2. The average molecular weight is 267 g/mol. The molecule has 1 aromatic carbocycles. The fraction of sp³-hybridized carbons (Fsp3) is 0.385. The largest absolute Gasteiger partial charge is 0.483 e. The van der Waals surface area contributed by atoms with Crippen LogP contribution in [0.1, 0.15) is 5.56 Å². The van der Waals surface area contributed by atoms with Crippen molar-refractivity contribution in [2.45, 2.75) is 6.42 Å². The Morgan fingerprint density at radius 1 is 1.32 bits per heavy atom. The Morgan fingerprint density at radius 2 is 2.05 bits per heavy atom. The van der Waals surface area contributed by atoms with E-state index in [-0.39, 0.29) is 18.9 Å². The van der Waals surface area contributed by atoms with Gasteiger partial charge in [0, 0.05) is 19.2 Å². The normalized spacial score (nSPS) is 9.95. The van der Waals surface area contributed by atoms with Crippen molar-refractivity contribution in [3.05, 3.63) is 29.8 Å². The van der Waals surface area contributed by atoms with E-state index < -0.39 is 5.97 Å². The Bertz CT molecular complexity index is 433. The van der Waals surface area contributed by atoms with E-state index >= 15 is 0 Å². The molecule has 6 nitrogen and oxygen atoms in total. The molecule has 0 bridgehead atoms. The van der Waals surface area contributed by atoms with E-state index in [2.05, 4.69) is 5.32 Å². The van der Waals surface area contributed by atoms with Crippen molar-refractivity contribution in [1.82, 2.24) is 5.32 Å². The standard InChI is InChI=1S/C13H17NO5/c1-18-7-6-14-12(15)9-19-11-5-3-2-4-10(11)8-13(16)17/h2-5H,6-9H2,1H3,(H,14,15)(H,16,17). The van der Waals surface area contributed by atoms with E-state index in [0.717, 1.165) is 0 Å². The molecule has 0 aliphatic rings. The molecule has 1 amide bonds. The van der Waals surface area contributed by atoms with Crippen LogP contribution in [0, 0.1) is 0 Å². The second-order valence-corrected chi connectivity index (χ2v) is 3.81. The summed E-state index contributed by atoms with van der Waals surface area (Å²) in [5.74, 6) is -0.811. The molecule has 0 aliphatic carbocycles. The number of aliphatic carboxylic acids is 1. The number of carbonyl (C=O) groups excluding carboxylic acids is 1. The maximum atomic E-state index is 11.4. The number of rotatable bonds is 8. The van der Waals surface area contributed by atoms with Crippen LogP contribution < -0.4 is 10.1 Å². The summed E-state index contributed by atoms with van der Waals surface area (Å²) in [6.45, 7) is 0.692. The first-order valence-electron chi connectivity index (χ1n) is 5.81. The fourth-order valence-electron chi connectivity index (χ4n) is 1.44. The van der Waals surface area contributed by atoms with Crippen LogP contribution in [-0.2, 0) is 20.7 Å². The second-order valence-electron chi connectivity index (χ2n) is 3.81. The topological polar surface area (TPSA) is 84.9 Å². The van der Waals surface area contributed by atoms with Crippen LogP contribution in [0.3, 0.4) is 0 Å². The van der Waals surface area contributed by atoms with Gasteiger partial charge in [-0.15, -0.1) is 0 Å². The number of nitrogens with one attached hydrogen (secondary N) is 1. The molecule has 1 rings (SSSR count). The molecular formula is C13H17NO5. The van der Waals surface area contributed by atoms with Crippen molar-refractivity contribution in [3.8, 4) is 5.75 Å². The van der Waals surface area contributed by atoms with Crippen LogP contribution in [0.4, 0.5) is 0 Å². The summed E-state index contributed by atoms with van der Waals surface area (Å²) in [6.07, 6.45) is -0.137. The van der Waals surface area contributed by atoms with Gasteiger partial charge in [-0.3, -0.25) is 9.59 Å². The van der Waals surface area contributed by atoms with E-state index in [1.54, 1.807) is 31.4 Å². The molecule has 0 heterocycles. The molecule has 0 fully saturated rings. The molecule has 0 saturated carbocycles. The van der Waals surface area contributed by atoms with E-state index in [1.807, 2.05) is 0 Å². The van der Waals surface area contributed by atoms with E-state index in [9.17, 15) is 9.59 Å². The molecule has 0 spiro atoms. The fourth-order valence-corrected chi connectivity index (χ4v) is 1.44. The van der Waals surface area contributed by atoms with E-state index in [1.165, 1.54) is 0 Å². The highest BCUT2D eigenvalue weighted by molar-refractivity contribution is 5.77. The van der Waals surface area contributed by atoms with Gasteiger partial charge >= 0.3 is 5.97 Å². The van der Waals surface area contributed by atoms with Gasteiger partial charge in [0.2, 0.25) is 0 Å². The lowest BCUT2D eigenvalue weighted by molar-refractivity contribution is -0.136. The van der Waals surface area contributed by atoms with Gasteiger partial charge in [-0.2, -0.15) is 0 Å². The van der Waals surface area contributed by atoms with Gasteiger partial charge in [-0.25, -0.2) is 0 Å². The number of benzene rings is 1. The van der Waals surface area contributed by atoms with Crippen molar-refractivity contribution >= 4 is 11.9 Å². The molecule has 1 aromatic rings. The zero-order chi connectivity index (χ0) is 14.1. The minimum Gasteiger partial charge on any atom is -0.483 e. The number of ether oxygens (including phenoxy) is 2. The predicted molar refractivity (Wildman–Crippen MR) is 68.2 cm³/mol. The van der Waals surface area contributed by atoms with Gasteiger partial charge in [-0.1, -0.05) is 18.2 Å². The third-order valence-electron chi connectivity index (χ3n) is 2.30. The second kappa shape index (κ2) is 8.10. The zero-order valence-electron chi connectivity index (χ0n) is 10.7. The quantitative estimate of drug-likeness (QED) is 0.668. The SMILES string of the molecule is COCCNC(=O)COc1ccccc1CC(=O)O. The van der Waals surface area contributed by atoms with E-state index in [4.69, 9.17) is 14.6 Å². The van der Waals surface area contributed by atoms with Crippen molar-refractivity contribution in [1.29, 1.82) is 0 Å². The summed E-state index contributed by atoms with van der Waals surface area (Å²) in [7, 11) is 1.55. The van der Waals surface area contributed by atoms with Crippen LogP contribution in [0.15, 0.2) is 24.3 Å². The zero-order valence-corrected chi connectivity index (χ0v) is 10.7. The molecule has 6 heteroatoms. The molecule has 104 valence electrons. The first kappa shape index (κ1) is 15.0. The molecule has 2 N–H and O–H groups in total. The van der Waals surface area contributed by atoms with Gasteiger partial charge in [0.05, 0.1) is 13.0 Å². The number of methoxy groups -OCH3 is 1. The monoisotopic (exact) mass is 267 g/mol. The van der Waals surface area contributed by atoms with Gasteiger partial charge in [-0.05, 0) is 6.07 Å². The number of amides is 1.